The van der Waals surface area contributed by atoms with Gasteiger partial charge >= 0.3 is 0 Å². The van der Waals surface area contributed by atoms with Gasteiger partial charge in [-0.2, -0.15) is 0 Å². The zero-order chi connectivity index (χ0) is 12.3. The molecule has 0 aromatic carbocycles. The average molecular weight is 253 g/mol. The van der Waals surface area contributed by atoms with Gasteiger partial charge in [0.25, 0.3) is 0 Å². The Labute approximate surface area is 106 Å². The summed E-state index contributed by atoms with van der Waals surface area (Å²) < 4.78 is 5.46. The number of likely N-dealkylation sites (tertiary alicyclic amines) is 1. The van der Waals surface area contributed by atoms with Crippen LogP contribution in [0.5, 0.6) is 0 Å². The molecule has 1 aromatic rings. The normalized spacial score (nSPS) is 26.0. The van der Waals surface area contributed by atoms with E-state index in [-0.39, 0.29) is 11.9 Å². The molecule has 3 nitrogen and oxygen atoms in total. The Morgan fingerprint density at radius 3 is 3.12 bits per heavy atom. The topological polar surface area (TPSA) is 29.5 Å². The van der Waals surface area contributed by atoms with Gasteiger partial charge in [0, 0.05) is 13.7 Å². The minimum atomic E-state index is 0.226. The van der Waals surface area contributed by atoms with Crippen LogP contribution in [0.2, 0.25) is 0 Å². The largest absolute Gasteiger partial charge is 0.380 e. The highest BCUT2D eigenvalue weighted by molar-refractivity contribution is 7.12. The first-order chi connectivity index (χ1) is 8.20. The van der Waals surface area contributed by atoms with Crippen LogP contribution in [0.1, 0.15) is 23.0 Å². The number of methoxy groups -OCH3 is 1. The molecule has 4 heteroatoms. The van der Waals surface area contributed by atoms with Gasteiger partial charge < -0.3 is 4.74 Å². The van der Waals surface area contributed by atoms with Gasteiger partial charge in [-0.05, 0) is 30.3 Å². The van der Waals surface area contributed by atoms with Gasteiger partial charge in [-0.1, -0.05) is 13.0 Å². The van der Waals surface area contributed by atoms with Crippen LogP contribution in [0.25, 0.3) is 0 Å². The maximum atomic E-state index is 12.0. The lowest BCUT2D eigenvalue weighted by Crippen LogP contribution is -2.45. The maximum absolute atomic E-state index is 12.0. The molecule has 1 aliphatic rings. The average Bonchev–Trinajstić information content (AvgIpc) is 2.85. The standard InChI is InChI=1S/C13H19NO2S/c1-10-5-6-14(9-12(10)16-2)8-11(15)13-4-3-7-17-13/h3-4,7,10,12H,5-6,8-9H2,1-2H3. The first kappa shape index (κ1) is 12.7. The minimum Gasteiger partial charge on any atom is -0.380 e. The summed E-state index contributed by atoms with van der Waals surface area (Å²) in [5.41, 5.74) is 0. The SMILES string of the molecule is COC1CN(CC(=O)c2cccs2)CCC1C. The number of hydrogen-bond donors (Lipinski definition) is 0. The molecule has 0 amide bonds. The third-order valence-corrected chi connectivity index (χ3v) is 4.35. The summed E-state index contributed by atoms with van der Waals surface area (Å²) in [5, 5.41) is 1.95. The number of rotatable bonds is 4. The fourth-order valence-electron chi connectivity index (χ4n) is 2.27. The molecule has 0 N–H and O–H groups in total. The number of carbonyl (C=O) groups is 1. The van der Waals surface area contributed by atoms with Crippen LogP contribution in [0.4, 0.5) is 0 Å². The van der Waals surface area contributed by atoms with E-state index in [1.165, 1.54) is 11.3 Å². The van der Waals surface area contributed by atoms with E-state index in [0.29, 0.717) is 12.5 Å². The Balaban J connectivity index is 1.89. The second-order valence-corrected chi connectivity index (χ2v) is 5.62. The van der Waals surface area contributed by atoms with E-state index < -0.39 is 0 Å². The summed E-state index contributed by atoms with van der Waals surface area (Å²) in [4.78, 5) is 15.0. The Kier molecular flexibility index (Phi) is 4.31. The summed E-state index contributed by atoms with van der Waals surface area (Å²) in [6.45, 7) is 4.60. The molecule has 1 fully saturated rings. The molecule has 94 valence electrons. The van der Waals surface area contributed by atoms with E-state index >= 15 is 0 Å². The van der Waals surface area contributed by atoms with Crippen molar-refractivity contribution in [1.82, 2.24) is 4.90 Å². The molecule has 1 aromatic heterocycles. The van der Waals surface area contributed by atoms with Crippen molar-refractivity contribution < 1.29 is 9.53 Å². The molecule has 0 bridgehead atoms. The lowest BCUT2D eigenvalue weighted by Gasteiger charge is -2.35. The van der Waals surface area contributed by atoms with E-state index in [4.69, 9.17) is 4.74 Å². The Hall–Kier alpha value is -0.710. The first-order valence-corrected chi connectivity index (χ1v) is 6.90. The smallest absolute Gasteiger partial charge is 0.186 e. The summed E-state index contributed by atoms with van der Waals surface area (Å²) in [6.07, 6.45) is 1.37. The van der Waals surface area contributed by atoms with Crippen molar-refractivity contribution in [2.24, 2.45) is 5.92 Å². The first-order valence-electron chi connectivity index (χ1n) is 6.02. The molecular formula is C13H19NO2S. The molecule has 0 radical (unpaired) electrons. The number of carbonyl (C=O) groups excluding carboxylic acids is 1. The van der Waals surface area contributed by atoms with Gasteiger partial charge in [0.2, 0.25) is 0 Å². The van der Waals surface area contributed by atoms with Gasteiger partial charge in [0.05, 0.1) is 17.5 Å². The highest BCUT2D eigenvalue weighted by Gasteiger charge is 2.27. The molecule has 2 rings (SSSR count). The predicted octanol–water partition coefficient (Wildman–Crippen LogP) is 2.29. The van der Waals surface area contributed by atoms with Crippen LogP contribution in [-0.4, -0.2) is 43.5 Å². The number of nitrogens with zero attached hydrogens (tertiary/aromatic N) is 1. The van der Waals surface area contributed by atoms with E-state index in [1.807, 2.05) is 17.5 Å². The molecule has 1 saturated heterocycles. The van der Waals surface area contributed by atoms with Crippen molar-refractivity contribution in [1.29, 1.82) is 0 Å². The van der Waals surface area contributed by atoms with Crippen LogP contribution >= 0.6 is 11.3 Å². The fourth-order valence-corrected chi connectivity index (χ4v) is 2.92. The summed E-state index contributed by atoms with van der Waals surface area (Å²) >= 11 is 1.52. The van der Waals surface area contributed by atoms with Crippen molar-refractivity contribution >= 4 is 17.1 Å². The van der Waals surface area contributed by atoms with E-state index in [1.54, 1.807) is 7.11 Å². The molecular weight excluding hydrogens is 234 g/mol. The number of piperidine rings is 1. The van der Waals surface area contributed by atoms with Crippen LogP contribution in [0.3, 0.4) is 0 Å². The highest BCUT2D eigenvalue weighted by Crippen LogP contribution is 2.20. The Morgan fingerprint density at radius 2 is 2.47 bits per heavy atom. The second kappa shape index (κ2) is 5.76. The Morgan fingerprint density at radius 1 is 1.65 bits per heavy atom. The third kappa shape index (κ3) is 3.15. The van der Waals surface area contributed by atoms with E-state index in [2.05, 4.69) is 11.8 Å². The summed E-state index contributed by atoms with van der Waals surface area (Å²) in [7, 11) is 1.76. The van der Waals surface area contributed by atoms with Gasteiger partial charge in [-0.3, -0.25) is 9.69 Å². The molecule has 2 heterocycles. The highest BCUT2D eigenvalue weighted by atomic mass is 32.1. The van der Waals surface area contributed by atoms with Crippen LogP contribution in [0.15, 0.2) is 17.5 Å². The minimum absolute atomic E-state index is 0.226. The zero-order valence-corrected chi connectivity index (χ0v) is 11.2. The third-order valence-electron chi connectivity index (χ3n) is 3.44. The van der Waals surface area contributed by atoms with Crippen molar-refractivity contribution in [2.75, 3.05) is 26.7 Å². The van der Waals surface area contributed by atoms with Gasteiger partial charge in [-0.15, -0.1) is 11.3 Å². The Bertz CT molecular complexity index is 364. The fraction of sp³-hybridized carbons (Fsp3) is 0.615. The molecule has 0 saturated carbocycles. The number of hydrogen-bond acceptors (Lipinski definition) is 4. The van der Waals surface area contributed by atoms with Gasteiger partial charge in [0.1, 0.15) is 0 Å². The summed E-state index contributed by atoms with van der Waals surface area (Å²) in [6, 6.07) is 3.82. The number of thiophene rings is 1. The molecule has 1 aliphatic heterocycles. The molecule has 2 atom stereocenters. The van der Waals surface area contributed by atoms with Gasteiger partial charge in [-0.25, -0.2) is 0 Å². The van der Waals surface area contributed by atoms with E-state index in [9.17, 15) is 4.79 Å². The number of Topliss-reactive ketones (excluding diaryl/α,β-unsaturated/α-hetero) is 1. The zero-order valence-electron chi connectivity index (χ0n) is 10.4. The van der Waals surface area contributed by atoms with Gasteiger partial charge in [0.15, 0.2) is 5.78 Å². The van der Waals surface area contributed by atoms with Crippen molar-refractivity contribution in [3.63, 3.8) is 0 Å². The van der Waals surface area contributed by atoms with Crippen LogP contribution in [-0.2, 0) is 4.74 Å². The quantitative estimate of drug-likeness (QED) is 0.771. The number of ether oxygens (including phenoxy) is 1. The van der Waals surface area contributed by atoms with Crippen molar-refractivity contribution in [3.8, 4) is 0 Å². The summed E-state index contributed by atoms with van der Waals surface area (Å²) in [5.74, 6) is 0.817. The number of ketones is 1. The molecule has 17 heavy (non-hydrogen) atoms. The lowest BCUT2D eigenvalue weighted by atomic mass is 9.95. The second-order valence-electron chi connectivity index (χ2n) is 4.68. The predicted molar refractivity (Wildman–Crippen MR) is 69.7 cm³/mol. The molecule has 0 aliphatic carbocycles. The molecule has 2 unspecified atom stereocenters. The van der Waals surface area contributed by atoms with Crippen LogP contribution in [0, 0.1) is 5.92 Å². The van der Waals surface area contributed by atoms with E-state index in [0.717, 1.165) is 24.4 Å². The molecule has 0 spiro atoms. The van der Waals surface area contributed by atoms with Crippen molar-refractivity contribution in [3.05, 3.63) is 22.4 Å². The maximum Gasteiger partial charge on any atom is 0.186 e. The van der Waals surface area contributed by atoms with Crippen LogP contribution < -0.4 is 0 Å². The van der Waals surface area contributed by atoms with Crippen molar-refractivity contribution in [2.45, 2.75) is 19.4 Å². The lowest BCUT2D eigenvalue weighted by molar-refractivity contribution is -0.00320. The monoisotopic (exact) mass is 253 g/mol.